The Balaban J connectivity index is 1.80. The first kappa shape index (κ1) is 21.9. The molecular weight excluding hydrogens is 453 g/mol. The number of fused-ring (bicyclic) bond motifs is 1. The van der Waals surface area contributed by atoms with Crippen molar-refractivity contribution in [1.82, 2.24) is 9.88 Å². The molecular formula is C21H10F5N3O4. The molecule has 1 aliphatic rings. The number of likely N-dealkylation sites (N-methyl/N-ethyl adjacent to an activating group) is 1. The topological polar surface area (TPSA) is 100 Å². The number of oxazole rings is 1. The average Bonchev–Trinajstić information content (AvgIpc) is 3.33. The molecule has 3 heterocycles. The van der Waals surface area contributed by atoms with Gasteiger partial charge in [-0.1, -0.05) is 0 Å². The van der Waals surface area contributed by atoms with E-state index < -0.39 is 52.4 Å². The van der Waals surface area contributed by atoms with Crippen molar-refractivity contribution in [3.63, 3.8) is 0 Å². The molecule has 0 bridgehead atoms. The fourth-order valence-electron chi connectivity index (χ4n) is 3.28. The van der Waals surface area contributed by atoms with Crippen LogP contribution in [-0.4, -0.2) is 28.2 Å². The van der Waals surface area contributed by atoms with Crippen molar-refractivity contribution >= 4 is 29.2 Å². The molecule has 168 valence electrons. The lowest BCUT2D eigenvalue weighted by molar-refractivity contribution is -0.140. The molecule has 0 saturated heterocycles. The smallest absolute Gasteiger partial charge is 0.271 e. The van der Waals surface area contributed by atoms with Gasteiger partial charge in [-0.05, 0) is 25.5 Å². The standard InChI is InChI=1S/C21H10F5N3O4/c1-3-29-20(30)9(7(2)10(6-27)21(29)31)4-8-5-11-18(32-8)28-19(33-11)12-13(22)15(24)17(26)16(25)14(12)23/h4-5H,3H2,1-2H3/b9-4-. The highest BCUT2D eigenvalue weighted by molar-refractivity contribution is 6.19. The number of halogens is 5. The first-order valence-electron chi connectivity index (χ1n) is 9.22. The lowest BCUT2D eigenvalue weighted by Gasteiger charge is -2.25. The molecule has 0 saturated carbocycles. The molecule has 12 heteroatoms. The van der Waals surface area contributed by atoms with Gasteiger partial charge < -0.3 is 8.83 Å². The average molecular weight is 463 g/mol. The van der Waals surface area contributed by atoms with E-state index in [1.165, 1.54) is 13.0 Å². The lowest BCUT2D eigenvalue weighted by Crippen LogP contribution is -2.42. The van der Waals surface area contributed by atoms with Gasteiger partial charge in [0.2, 0.25) is 11.7 Å². The molecule has 0 N–H and O–H groups in total. The van der Waals surface area contributed by atoms with E-state index in [4.69, 9.17) is 8.83 Å². The van der Waals surface area contributed by atoms with Gasteiger partial charge in [-0.25, -0.2) is 22.0 Å². The first-order valence-corrected chi connectivity index (χ1v) is 9.22. The maximum Gasteiger partial charge on any atom is 0.271 e. The Hall–Kier alpha value is -4.27. The number of imide groups is 1. The number of hydrogen-bond donors (Lipinski definition) is 0. The van der Waals surface area contributed by atoms with Crippen LogP contribution in [0.1, 0.15) is 19.6 Å². The number of aromatic nitrogens is 1. The van der Waals surface area contributed by atoms with Gasteiger partial charge in [0.05, 0.1) is 0 Å². The zero-order valence-corrected chi connectivity index (χ0v) is 16.7. The minimum atomic E-state index is -2.32. The second kappa shape index (κ2) is 7.70. The summed E-state index contributed by atoms with van der Waals surface area (Å²) in [4.78, 5) is 29.3. The Morgan fingerprint density at radius 2 is 1.64 bits per heavy atom. The Morgan fingerprint density at radius 3 is 2.18 bits per heavy atom. The van der Waals surface area contributed by atoms with Crippen molar-refractivity contribution < 1.29 is 40.4 Å². The number of amides is 2. The van der Waals surface area contributed by atoms with Crippen molar-refractivity contribution in [3.05, 3.63) is 57.6 Å². The van der Waals surface area contributed by atoms with E-state index in [9.17, 15) is 36.8 Å². The Bertz CT molecular complexity index is 1410. The molecule has 0 spiro atoms. The number of nitriles is 1. The number of carbonyl (C=O) groups is 2. The zero-order chi connectivity index (χ0) is 24.2. The molecule has 1 aliphatic heterocycles. The van der Waals surface area contributed by atoms with Crippen LogP contribution in [0.2, 0.25) is 0 Å². The van der Waals surface area contributed by atoms with Gasteiger partial charge in [-0.3, -0.25) is 14.5 Å². The minimum absolute atomic E-state index is 0.0147. The third-order valence-electron chi connectivity index (χ3n) is 4.96. The maximum atomic E-state index is 14.0. The van der Waals surface area contributed by atoms with Gasteiger partial charge in [-0.15, -0.1) is 0 Å². The lowest BCUT2D eigenvalue weighted by atomic mass is 9.95. The second-order valence-electron chi connectivity index (χ2n) is 6.81. The number of nitrogens with zero attached hydrogens (tertiary/aromatic N) is 3. The number of carbonyl (C=O) groups excluding carboxylic acids is 2. The summed E-state index contributed by atoms with van der Waals surface area (Å²) in [5, 5.41) is 9.26. The van der Waals surface area contributed by atoms with E-state index in [0.29, 0.717) is 0 Å². The van der Waals surface area contributed by atoms with Crippen LogP contribution in [0.5, 0.6) is 0 Å². The molecule has 4 rings (SSSR count). The quantitative estimate of drug-likeness (QED) is 0.188. The maximum absolute atomic E-state index is 14.0. The van der Waals surface area contributed by atoms with Crippen LogP contribution < -0.4 is 0 Å². The van der Waals surface area contributed by atoms with Crippen LogP contribution in [0, 0.1) is 40.4 Å². The second-order valence-corrected chi connectivity index (χ2v) is 6.81. The molecule has 0 radical (unpaired) electrons. The fraction of sp³-hybridized carbons (Fsp3) is 0.143. The van der Waals surface area contributed by atoms with Crippen molar-refractivity contribution in [2.45, 2.75) is 13.8 Å². The highest BCUT2D eigenvalue weighted by Crippen LogP contribution is 2.34. The summed E-state index contributed by atoms with van der Waals surface area (Å²) in [5.74, 6) is -13.3. The van der Waals surface area contributed by atoms with Crippen LogP contribution in [0.3, 0.4) is 0 Å². The van der Waals surface area contributed by atoms with Crippen molar-refractivity contribution in [1.29, 1.82) is 5.26 Å². The number of benzene rings is 1. The van der Waals surface area contributed by atoms with Crippen LogP contribution in [0.4, 0.5) is 22.0 Å². The van der Waals surface area contributed by atoms with Gasteiger partial charge in [0.15, 0.2) is 28.9 Å². The summed E-state index contributed by atoms with van der Waals surface area (Å²) in [5.41, 5.74) is -2.08. The van der Waals surface area contributed by atoms with Crippen molar-refractivity contribution in [3.8, 4) is 17.5 Å². The highest BCUT2D eigenvalue weighted by atomic mass is 19.2. The van der Waals surface area contributed by atoms with E-state index in [1.807, 2.05) is 0 Å². The van der Waals surface area contributed by atoms with Crippen LogP contribution >= 0.6 is 0 Å². The van der Waals surface area contributed by atoms with E-state index in [1.54, 1.807) is 13.0 Å². The molecule has 3 aromatic rings. The van der Waals surface area contributed by atoms with Gasteiger partial charge in [-0.2, -0.15) is 10.2 Å². The SMILES string of the molecule is CCN1C(=O)C(C#N)=C(C)/C(=C/c2cc3oc(-c4c(F)c(F)c(F)c(F)c4F)nc3o2)C1=O. The Labute approximate surface area is 181 Å². The predicted molar refractivity (Wildman–Crippen MR) is 100 cm³/mol. The third kappa shape index (κ3) is 3.20. The summed E-state index contributed by atoms with van der Waals surface area (Å²) in [6.45, 7) is 2.97. The molecule has 33 heavy (non-hydrogen) atoms. The predicted octanol–water partition coefficient (Wildman–Crippen LogP) is 4.40. The summed E-state index contributed by atoms with van der Waals surface area (Å²) < 4.78 is 78.7. The number of rotatable bonds is 3. The number of furan rings is 1. The third-order valence-corrected chi connectivity index (χ3v) is 4.96. The molecule has 1 aromatic carbocycles. The van der Waals surface area contributed by atoms with Gasteiger partial charge in [0.1, 0.15) is 23.0 Å². The summed E-state index contributed by atoms with van der Waals surface area (Å²) >= 11 is 0. The van der Waals surface area contributed by atoms with Gasteiger partial charge >= 0.3 is 0 Å². The minimum Gasteiger partial charge on any atom is -0.436 e. The van der Waals surface area contributed by atoms with Crippen LogP contribution in [0.25, 0.3) is 28.8 Å². The van der Waals surface area contributed by atoms with Crippen molar-refractivity contribution in [2.75, 3.05) is 6.54 Å². The zero-order valence-electron chi connectivity index (χ0n) is 16.7. The van der Waals surface area contributed by atoms with Crippen LogP contribution in [-0.2, 0) is 9.59 Å². The Kier molecular flexibility index (Phi) is 5.12. The fourth-order valence-corrected chi connectivity index (χ4v) is 3.28. The van der Waals surface area contributed by atoms with Crippen molar-refractivity contribution in [2.24, 2.45) is 0 Å². The molecule has 0 atom stereocenters. The van der Waals surface area contributed by atoms with Gasteiger partial charge in [0.25, 0.3) is 17.5 Å². The molecule has 0 unspecified atom stereocenters. The van der Waals surface area contributed by atoms with E-state index in [2.05, 4.69) is 4.98 Å². The summed E-state index contributed by atoms with van der Waals surface area (Å²) in [7, 11) is 0. The summed E-state index contributed by atoms with van der Waals surface area (Å²) in [6.07, 6.45) is 1.21. The van der Waals surface area contributed by atoms with E-state index in [0.717, 1.165) is 11.0 Å². The monoisotopic (exact) mass is 463 g/mol. The van der Waals surface area contributed by atoms with Gasteiger partial charge in [0, 0.05) is 18.2 Å². The molecule has 2 aromatic heterocycles. The normalized spacial score (nSPS) is 15.8. The van der Waals surface area contributed by atoms with Crippen LogP contribution in [0.15, 0.2) is 31.6 Å². The van der Waals surface area contributed by atoms with E-state index in [-0.39, 0.29) is 40.3 Å². The molecule has 2 amide bonds. The molecule has 0 fully saturated rings. The Morgan fingerprint density at radius 1 is 1.03 bits per heavy atom. The summed E-state index contributed by atoms with van der Waals surface area (Å²) in [6, 6.07) is 2.91. The largest absolute Gasteiger partial charge is 0.436 e. The molecule has 0 aliphatic carbocycles. The molecule has 7 nitrogen and oxygen atoms in total. The first-order chi connectivity index (χ1) is 15.6. The number of hydrogen-bond acceptors (Lipinski definition) is 6. The highest BCUT2D eigenvalue weighted by Gasteiger charge is 2.35. The van der Waals surface area contributed by atoms with E-state index >= 15 is 0 Å².